The SMILES string of the molecule is Cc1ccc(SCCC(=O)N(C)C2CCS(=O)(=O)C2)cc1C. The Morgan fingerprint density at radius 3 is 2.64 bits per heavy atom. The van der Waals surface area contributed by atoms with Gasteiger partial charge in [-0.1, -0.05) is 6.07 Å². The summed E-state index contributed by atoms with van der Waals surface area (Å²) in [7, 11) is -1.23. The van der Waals surface area contributed by atoms with Crippen LogP contribution in [0.5, 0.6) is 0 Å². The van der Waals surface area contributed by atoms with Crippen LogP contribution in [0, 0.1) is 13.8 Å². The minimum Gasteiger partial charge on any atom is -0.342 e. The maximum absolute atomic E-state index is 12.2. The molecule has 4 nitrogen and oxygen atoms in total. The number of thioether (sulfide) groups is 1. The Bertz CT molecular complexity index is 655. The van der Waals surface area contributed by atoms with Gasteiger partial charge < -0.3 is 4.90 Å². The molecule has 0 saturated carbocycles. The highest BCUT2D eigenvalue weighted by Gasteiger charge is 2.32. The highest BCUT2D eigenvalue weighted by atomic mass is 32.2. The molecular formula is C16H23NO3S2. The molecule has 6 heteroatoms. The van der Waals surface area contributed by atoms with Crippen molar-refractivity contribution in [1.82, 2.24) is 4.90 Å². The summed E-state index contributed by atoms with van der Waals surface area (Å²) in [4.78, 5) is 15.0. The van der Waals surface area contributed by atoms with Gasteiger partial charge in [0.05, 0.1) is 11.5 Å². The maximum Gasteiger partial charge on any atom is 0.223 e. The predicted octanol–water partition coefficient (Wildman–Crippen LogP) is 2.43. The quantitative estimate of drug-likeness (QED) is 0.772. The molecular weight excluding hydrogens is 318 g/mol. The molecule has 1 amide bonds. The van der Waals surface area contributed by atoms with Gasteiger partial charge in [0, 0.05) is 30.2 Å². The number of carbonyl (C=O) groups is 1. The highest BCUT2D eigenvalue weighted by molar-refractivity contribution is 7.99. The van der Waals surface area contributed by atoms with E-state index in [2.05, 4.69) is 32.0 Å². The Balaban J connectivity index is 1.81. The van der Waals surface area contributed by atoms with Crippen molar-refractivity contribution in [3.63, 3.8) is 0 Å². The van der Waals surface area contributed by atoms with Gasteiger partial charge >= 0.3 is 0 Å². The van der Waals surface area contributed by atoms with Gasteiger partial charge in [-0.15, -0.1) is 11.8 Å². The largest absolute Gasteiger partial charge is 0.342 e. The first-order chi connectivity index (χ1) is 10.3. The topological polar surface area (TPSA) is 54.5 Å². The Morgan fingerprint density at radius 1 is 1.32 bits per heavy atom. The van der Waals surface area contributed by atoms with Gasteiger partial charge in [-0.2, -0.15) is 0 Å². The van der Waals surface area contributed by atoms with Crippen molar-refractivity contribution in [2.45, 2.75) is 37.6 Å². The average Bonchev–Trinajstić information content (AvgIpc) is 2.82. The lowest BCUT2D eigenvalue weighted by Crippen LogP contribution is -2.37. The van der Waals surface area contributed by atoms with E-state index in [0.717, 1.165) is 0 Å². The molecule has 1 aliphatic rings. The fourth-order valence-electron chi connectivity index (χ4n) is 2.52. The van der Waals surface area contributed by atoms with Crippen molar-refractivity contribution < 1.29 is 13.2 Å². The normalized spacial score (nSPS) is 20.0. The van der Waals surface area contributed by atoms with Crippen molar-refractivity contribution in [2.24, 2.45) is 0 Å². The van der Waals surface area contributed by atoms with Crippen molar-refractivity contribution >= 4 is 27.5 Å². The molecule has 1 saturated heterocycles. The van der Waals surface area contributed by atoms with E-state index in [1.54, 1.807) is 23.7 Å². The summed E-state index contributed by atoms with van der Waals surface area (Å²) in [6.07, 6.45) is 1.000. The van der Waals surface area contributed by atoms with E-state index in [-0.39, 0.29) is 23.5 Å². The first-order valence-electron chi connectivity index (χ1n) is 7.44. The van der Waals surface area contributed by atoms with E-state index in [0.29, 0.717) is 18.6 Å². The molecule has 0 aliphatic carbocycles. The van der Waals surface area contributed by atoms with Gasteiger partial charge in [-0.25, -0.2) is 8.42 Å². The van der Waals surface area contributed by atoms with Crippen LogP contribution >= 0.6 is 11.8 Å². The van der Waals surface area contributed by atoms with Crippen molar-refractivity contribution in [3.8, 4) is 0 Å². The van der Waals surface area contributed by atoms with Crippen LogP contribution in [0.25, 0.3) is 0 Å². The second kappa shape index (κ2) is 7.04. The highest BCUT2D eigenvalue weighted by Crippen LogP contribution is 2.23. The number of hydrogen-bond acceptors (Lipinski definition) is 4. The lowest BCUT2D eigenvalue weighted by atomic mass is 10.1. The minimum atomic E-state index is -2.95. The van der Waals surface area contributed by atoms with Crippen LogP contribution in [-0.4, -0.2) is 49.6 Å². The van der Waals surface area contributed by atoms with Crippen LogP contribution in [0.15, 0.2) is 23.1 Å². The zero-order valence-electron chi connectivity index (χ0n) is 13.3. The minimum absolute atomic E-state index is 0.0263. The molecule has 0 N–H and O–H groups in total. The Morgan fingerprint density at radius 2 is 2.05 bits per heavy atom. The number of amides is 1. The number of nitrogens with zero attached hydrogens (tertiary/aromatic N) is 1. The van der Waals surface area contributed by atoms with Gasteiger partial charge in [0.2, 0.25) is 5.91 Å². The Hall–Kier alpha value is -1.01. The lowest BCUT2D eigenvalue weighted by Gasteiger charge is -2.23. The van der Waals surface area contributed by atoms with Crippen molar-refractivity contribution in [3.05, 3.63) is 29.3 Å². The first-order valence-corrected chi connectivity index (χ1v) is 10.3. The summed E-state index contributed by atoms with van der Waals surface area (Å²) in [6, 6.07) is 6.15. The second-order valence-electron chi connectivity index (χ2n) is 5.91. The zero-order chi connectivity index (χ0) is 16.3. The fourth-order valence-corrected chi connectivity index (χ4v) is 5.23. The molecule has 22 heavy (non-hydrogen) atoms. The average molecular weight is 341 g/mol. The van der Waals surface area contributed by atoms with E-state index in [4.69, 9.17) is 0 Å². The molecule has 1 unspecified atom stereocenters. The van der Waals surface area contributed by atoms with E-state index >= 15 is 0 Å². The van der Waals surface area contributed by atoms with Crippen molar-refractivity contribution in [1.29, 1.82) is 0 Å². The molecule has 1 fully saturated rings. The molecule has 0 aromatic heterocycles. The molecule has 1 aromatic rings. The van der Waals surface area contributed by atoms with Gasteiger partial charge in [0.25, 0.3) is 0 Å². The Kier molecular flexibility index (Phi) is 5.55. The molecule has 1 aliphatic heterocycles. The number of carbonyl (C=O) groups excluding carboxylic acids is 1. The van der Waals surface area contributed by atoms with Crippen LogP contribution < -0.4 is 0 Å². The third-order valence-electron chi connectivity index (χ3n) is 4.21. The number of aryl methyl sites for hydroxylation is 2. The van der Waals surface area contributed by atoms with Gasteiger partial charge in [-0.05, 0) is 43.5 Å². The van der Waals surface area contributed by atoms with Gasteiger partial charge in [0.1, 0.15) is 0 Å². The van der Waals surface area contributed by atoms with E-state index < -0.39 is 9.84 Å². The molecule has 1 aromatic carbocycles. The maximum atomic E-state index is 12.2. The fraction of sp³-hybridized carbons (Fsp3) is 0.562. The summed E-state index contributed by atoms with van der Waals surface area (Å²) in [5.74, 6) is 1.05. The van der Waals surface area contributed by atoms with E-state index in [9.17, 15) is 13.2 Å². The summed E-state index contributed by atoms with van der Waals surface area (Å²) in [5.41, 5.74) is 2.52. The van der Waals surface area contributed by atoms with E-state index in [1.165, 1.54) is 16.0 Å². The number of rotatable bonds is 5. The lowest BCUT2D eigenvalue weighted by molar-refractivity contribution is -0.131. The molecule has 0 spiro atoms. The number of hydrogen-bond donors (Lipinski definition) is 0. The summed E-state index contributed by atoms with van der Waals surface area (Å²) in [5, 5.41) is 0. The summed E-state index contributed by atoms with van der Waals surface area (Å²) >= 11 is 1.67. The predicted molar refractivity (Wildman–Crippen MR) is 91.1 cm³/mol. The molecule has 0 radical (unpaired) electrons. The second-order valence-corrected chi connectivity index (χ2v) is 9.30. The Labute approximate surface area is 137 Å². The monoisotopic (exact) mass is 341 g/mol. The smallest absolute Gasteiger partial charge is 0.223 e. The van der Waals surface area contributed by atoms with Gasteiger partial charge in [-0.3, -0.25) is 4.79 Å². The van der Waals surface area contributed by atoms with Crippen LogP contribution in [-0.2, 0) is 14.6 Å². The van der Waals surface area contributed by atoms with Gasteiger partial charge in [0.15, 0.2) is 9.84 Å². The van der Waals surface area contributed by atoms with Crippen LogP contribution in [0.1, 0.15) is 24.0 Å². The first kappa shape index (κ1) is 17.3. The number of sulfone groups is 1. The van der Waals surface area contributed by atoms with E-state index in [1.807, 2.05) is 0 Å². The number of benzene rings is 1. The zero-order valence-corrected chi connectivity index (χ0v) is 15.0. The van der Waals surface area contributed by atoms with Crippen LogP contribution in [0.2, 0.25) is 0 Å². The molecule has 2 rings (SSSR count). The third-order valence-corrected chi connectivity index (χ3v) is 6.96. The standard InChI is InChI=1S/C16H23NO3S2/c1-12-4-5-15(10-13(12)2)21-8-6-16(18)17(3)14-7-9-22(19,20)11-14/h4-5,10,14H,6-9,11H2,1-3H3. The molecule has 1 heterocycles. The van der Waals surface area contributed by atoms with Crippen LogP contribution in [0.4, 0.5) is 0 Å². The summed E-state index contributed by atoms with van der Waals surface area (Å²) < 4.78 is 23.0. The molecule has 1 atom stereocenters. The van der Waals surface area contributed by atoms with Crippen molar-refractivity contribution in [2.75, 3.05) is 24.3 Å². The summed E-state index contributed by atoms with van der Waals surface area (Å²) in [6.45, 7) is 4.16. The molecule has 122 valence electrons. The van der Waals surface area contributed by atoms with Crippen LogP contribution in [0.3, 0.4) is 0 Å². The molecule has 0 bridgehead atoms. The third kappa shape index (κ3) is 4.49.